The summed E-state index contributed by atoms with van der Waals surface area (Å²) in [5.74, 6) is -3.27. The van der Waals surface area contributed by atoms with Crippen molar-refractivity contribution in [1.82, 2.24) is 25.2 Å². The van der Waals surface area contributed by atoms with Crippen molar-refractivity contribution in [2.24, 2.45) is 17.8 Å². The van der Waals surface area contributed by atoms with Crippen LogP contribution in [0.1, 0.15) is 72.6 Å². The monoisotopic (exact) mass is 819 g/mol. The Morgan fingerprint density at radius 3 is 2.48 bits per heavy atom. The first-order valence-corrected chi connectivity index (χ1v) is 21.4. The Hall–Kier alpha value is -5.25. The Morgan fingerprint density at radius 1 is 1.03 bits per heavy atom. The summed E-state index contributed by atoms with van der Waals surface area (Å²) in [5, 5.41) is 6.95. The summed E-state index contributed by atoms with van der Waals surface area (Å²) in [4.78, 5) is 62.6. The van der Waals surface area contributed by atoms with Gasteiger partial charge in [0, 0.05) is 23.1 Å². The summed E-state index contributed by atoms with van der Waals surface area (Å²) in [7, 11) is -4.03. The van der Waals surface area contributed by atoms with Crippen LogP contribution in [0.5, 0.6) is 17.4 Å². The molecule has 14 nitrogen and oxygen atoms in total. The quantitative estimate of drug-likeness (QED) is 0.244. The lowest BCUT2D eigenvalue weighted by atomic mass is 9.88. The van der Waals surface area contributed by atoms with E-state index in [1.54, 1.807) is 13.1 Å². The summed E-state index contributed by atoms with van der Waals surface area (Å²) >= 11 is 0. The van der Waals surface area contributed by atoms with Crippen molar-refractivity contribution in [2.75, 3.05) is 13.2 Å². The summed E-state index contributed by atoms with van der Waals surface area (Å²) in [5.41, 5.74) is -1.58. The summed E-state index contributed by atoms with van der Waals surface area (Å²) < 4.78 is 59.7. The van der Waals surface area contributed by atoms with E-state index in [2.05, 4.69) is 20.3 Å². The van der Waals surface area contributed by atoms with Crippen molar-refractivity contribution >= 4 is 44.6 Å². The van der Waals surface area contributed by atoms with E-state index in [0.717, 1.165) is 11.5 Å². The third kappa shape index (κ3) is 8.34. The SMILES string of the molecule is CCOc1cnc(O[C@@H]2C[C@H]3C(=O)N[C@]4(C(=O)NS(=O)(=O)C5(C)CC5)C[C@H]4C=CCC[C@@H](C)C[C@@H](C)[C@H](NC(=O)Oc4ccccc4F)C(=O)N3C2)c2ccccc12. The number of nitrogens with one attached hydrogen (secondary N) is 3. The number of ether oxygens (including phenoxy) is 3. The van der Waals surface area contributed by atoms with Gasteiger partial charge in [0.15, 0.2) is 11.6 Å². The average molecular weight is 820 g/mol. The molecular formula is C42H50FN5O9S. The number of halogens is 1. The van der Waals surface area contributed by atoms with E-state index in [9.17, 15) is 32.0 Å². The minimum atomic E-state index is -4.03. The molecule has 3 aromatic rings. The molecule has 3 fully saturated rings. The minimum absolute atomic E-state index is 0.0213. The normalized spacial score (nSPS) is 28.2. The number of hydrogen-bond acceptors (Lipinski definition) is 10. The number of carbonyl (C=O) groups is 4. The first-order chi connectivity index (χ1) is 27.6. The van der Waals surface area contributed by atoms with Crippen molar-refractivity contribution in [3.8, 4) is 17.4 Å². The van der Waals surface area contributed by atoms with Gasteiger partial charge in [-0.05, 0) is 82.4 Å². The summed E-state index contributed by atoms with van der Waals surface area (Å²) in [6.45, 7) is 7.61. The fraction of sp³-hybridized carbons (Fsp3) is 0.500. The lowest BCUT2D eigenvalue weighted by Gasteiger charge is -2.32. The standard InChI is InChI=1S/C42H50FN5O9S/c1-5-55-34-23-44-37(30-15-9-8-14-29(30)34)56-28-21-32-36(49)46-42(39(51)47-58(53,54)41(4)18-19-41)22-27(42)13-7-6-12-25(2)20-26(3)35(38(50)48(32)24-28)45-40(52)57-33-17-11-10-16-31(33)43/h7-11,13-17,23,25-28,32,35H,5-6,12,18-22,24H2,1-4H3,(H,45,52)(H,46,49)(H,47,51)/t25-,26-,27-,28-,32+,35+,42-/m1/s1. The molecule has 1 saturated heterocycles. The first-order valence-electron chi connectivity index (χ1n) is 19.9. The van der Waals surface area contributed by atoms with Gasteiger partial charge in [-0.3, -0.25) is 19.1 Å². The minimum Gasteiger partial charge on any atom is -0.492 e. The van der Waals surface area contributed by atoms with Crippen LogP contribution in [0.4, 0.5) is 9.18 Å². The van der Waals surface area contributed by atoms with Crippen LogP contribution in [0.15, 0.2) is 66.9 Å². The fourth-order valence-electron chi connectivity index (χ4n) is 8.04. The third-order valence-electron chi connectivity index (χ3n) is 11.9. The van der Waals surface area contributed by atoms with Crippen molar-refractivity contribution in [3.05, 3.63) is 72.7 Å². The maximum Gasteiger partial charge on any atom is 0.413 e. The molecule has 16 heteroatoms. The molecule has 2 aliphatic heterocycles. The molecule has 2 saturated carbocycles. The zero-order valence-electron chi connectivity index (χ0n) is 33.0. The zero-order chi connectivity index (χ0) is 41.4. The number of hydrogen-bond donors (Lipinski definition) is 3. The maximum atomic E-state index is 14.9. The Morgan fingerprint density at radius 2 is 1.76 bits per heavy atom. The van der Waals surface area contributed by atoms with Gasteiger partial charge in [0.05, 0.1) is 24.1 Å². The van der Waals surface area contributed by atoms with Crippen LogP contribution >= 0.6 is 0 Å². The molecule has 4 aliphatic rings. The molecule has 2 aliphatic carbocycles. The molecule has 4 amide bonds. The van der Waals surface area contributed by atoms with Crippen LogP contribution in [-0.2, 0) is 24.4 Å². The zero-order valence-corrected chi connectivity index (χ0v) is 33.9. The highest BCUT2D eigenvalue weighted by atomic mass is 32.2. The van der Waals surface area contributed by atoms with Crippen molar-refractivity contribution < 1.29 is 46.2 Å². The van der Waals surface area contributed by atoms with Gasteiger partial charge in [-0.15, -0.1) is 0 Å². The van der Waals surface area contributed by atoms with E-state index in [4.69, 9.17) is 14.2 Å². The van der Waals surface area contributed by atoms with Crippen molar-refractivity contribution in [1.29, 1.82) is 0 Å². The Bertz CT molecular complexity index is 2230. The number of para-hydroxylation sites is 1. The van der Waals surface area contributed by atoms with Gasteiger partial charge >= 0.3 is 6.09 Å². The lowest BCUT2D eigenvalue weighted by Crippen LogP contribution is -2.59. The number of amides is 4. The number of sulfonamides is 1. The molecule has 0 spiro atoms. The van der Waals surface area contributed by atoms with Crippen molar-refractivity contribution in [2.45, 2.75) is 101 Å². The second kappa shape index (κ2) is 16.2. The molecule has 7 rings (SSSR count). The first kappa shape index (κ1) is 40.9. The molecule has 0 bridgehead atoms. The highest BCUT2D eigenvalue weighted by molar-refractivity contribution is 7.91. The Labute approximate surface area is 337 Å². The van der Waals surface area contributed by atoms with E-state index in [-0.39, 0.29) is 36.9 Å². The van der Waals surface area contributed by atoms with Gasteiger partial charge in [0.2, 0.25) is 27.7 Å². The molecule has 310 valence electrons. The van der Waals surface area contributed by atoms with Gasteiger partial charge < -0.3 is 29.7 Å². The van der Waals surface area contributed by atoms with Crippen LogP contribution < -0.4 is 29.6 Å². The van der Waals surface area contributed by atoms with Gasteiger partial charge in [-0.1, -0.05) is 56.3 Å². The van der Waals surface area contributed by atoms with Gasteiger partial charge in [0.1, 0.15) is 29.5 Å². The molecule has 0 radical (unpaired) electrons. The number of aromatic nitrogens is 1. The largest absolute Gasteiger partial charge is 0.492 e. The molecule has 3 heterocycles. The second-order valence-corrected chi connectivity index (χ2v) is 18.5. The number of fused-ring (bicyclic) bond motifs is 3. The average Bonchev–Trinajstić information content (AvgIpc) is 4.07. The number of benzene rings is 2. The molecule has 2 aromatic carbocycles. The maximum absolute atomic E-state index is 14.9. The van der Waals surface area contributed by atoms with Crippen LogP contribution in [0.2, 0.25) is 0 Å². The Kier molecular flexibility index (Phi) is 11.4. The van der Waals surface area contributed by atoms with Crippen LogP contribution in [0, 0.1) is 23.6 Å². The van der Waals surface area contributed by atoms with Gasteiger partial charge in [-0.25, -0.2) is 22.6 Å². The number of carbonyl (C=O) groups excluding carboxylic acids is 4. The lowest BCUT2D eigenvalue weighted by molar-refractivity contribution is -0.142. The number of allylic oxidation sites excluding steroid dienone is 1. The van der Waals surface area contributed by atoms with Crippen LogP contribution in [0.3, 0.4) is 0 Å². The van der Waals surface area contributed by atoms with E-state index in [1.165, 1.54) is 23.1 Å². The van der Waals surface area contributed by atoms with Gasteiger partial charge in [0.25, 0.3) is 5.91 Å². The molecule has 7 atom stereocenters. The smallest absolute Gasteiger partial charge is 0.413 e. The molecule has 58 heavy (non-hydrogen) atoms. The topological polar surface area (TPSA) is 182 Å². The highest BCUT2D eigenvalue weighted by Gasteiger charge is 2.63. The predicted molar refractivity (Wildman–Crippen MR) is 212 cm³/mol. The second-order valence-electron chi connectivity index (χ2n) is 16.3. The Balaban J connectivity index is 1.22. The summed E-state index contributed by atoms with van der Waals surface area (Å²) in [6, 6.07) is 10.4. The number of rotatable bonds is 9. The molecular weight excluding hydrogens is 770 g/mol. The molecule has 0 unspecified atom stereocenters. The third-order valence-corrected chi connectivity index (χ3v) is 14.0. The fourth-order valence-corrected chi connectivity index (χ4v) is 9.36. The molecule has 1 aromatic heterocycles. The van der Waals surface area contributed by atoms with Crippen LogP contribution in [-0.4, -0.2) is 83.7 Å². The van der Waals surface area contributed by atoms with Crippen molar-refractivity contribution in [3.63, 3.8) is 0 Å². The van der Waals surface area contributed by atoms with Gasteiger partial charge in [-0.2, -0.15) is 0 Å². The van der Waals surface area contributed by atoms with E-state index in [0.29, 0.717) is 49.8 Å². The number of pyridine rings is 1. The predicted octanol–water partition coefficient (Wildman–Crippen LogP) is 5.16. The van der Waals surface area contributed by atoms with E-state index < -0.39 is 80.0 Å². The molecule has 3 N–H and O–H groups in total. The summed E-state index contributed by atoms with van der Waals surface area (Å²) in [6.07, 6.45) is 6.29. The van der Waals surface area contributed by atoms with E-state index in [1.807, 2.05) is 57.2 Å². The van der Waals surface area contributed by atoms with Crippen LogP contribution in [0.25, 0.3) is 10.8 Å². The highest BCUT2D eigenvalue weighted by Crippen LogP contribution is 2.47. The number of nitrogens with zero attached hydrogens (tertiary/aromatic N) is 2. The van der Waals surface area contributed by atoms with E-state index >= 15 is 0 Å².